The van der Waals surface area contributed by atoms with E-state index in [4.69, 9.17) is 22.1 Å². The molecule has 0 saturated heterocycles. The number of carbonyl (C=O) groups excluding carboxylic acids is 3. The minimum absolute atomic E-state index is 0.261. The van der Waals surface area contributed by atoms with E-state index >= 15 is 0 Å². The van der Waals surface area contributed by atoms with Crippen LogP contribution in [-0.4, -0.2) is 44.7 Å². The Balaban J connectivity index is 1.68. The molecule has 0 unspecified atom stereocenters. The van der Waals surface area contributed by atoms with Crippen LogP contribution in [0.2, 0.25) is 5.02 Å². The molecule has 0 aliphatic carbocycles. The summed E-state index contributed by atoms with van der Waals surface area (Å²) in [5, 5.41) is 4.01. The van der Waals surface area contributed by atoms with Crippen LogP contribution < -0.4 is 16.0 Å². The van der Waals surface area contributed by atoms with Gasteiger partial charge in [0.05, 0.1) is 24.3 Å². The third kappa shape index (κ3) is 6.80. The maximum absolute atomic E-state index is 12.9. The molecule has 0 bridgehead atoms. The molecule has 9 nitrogen and oxygen atoms in total. The van der Waals surface area contributed by atoms with E-state index in [9.17, 15) is 22.8 Å². The van der Waals surface area contributed by atoms with E-state index in [1.54, 1.807) is 54.6 Å². The van der Waals surface area contributed by atoms with Crippen molar-refractivity contribution in [1.82, 2.24) is 5.32 Å². The second kappa shape index (κ2) is 10.5. The number of urea groups is 1. The number of hydrogen-bond acceptors (Lipinski definition) is 6. The largest absolute Gasteiger partial charge is 0.455 e. The molecule has 0 radical (unpaired) electrons. The fourth-order valence-corrected chi connectivity index (χ4v) is 4.78. The molecule has 33 heavy (non-hydrogen) atoms. The SMILES string of the molecule is NC(=O)N[C@@H](CC(=O)OCC(=O)N(c1ccccc1)[C@H]1C=CS(=O)(=O)C1)c1ccc(Cl)cc1. The highest BCUT2D eigenvalue weighted by atomic mass is 35.5. The lowest BCUT2D eigenvalue weighted by atomic mass is 10.0. The Morgan fingerprint density at radius 1 is 1.12 bits per heavy atom. The number of hydrogen-bond donors (Lipinski definition) is 2. The van der Waals surface area contributed by atoms with Crippen LogP contribution in [0.15, 0.2) is 66.1 Å². The number of anilines is 1. The average Bonchev–Trinajstić information content (AvgIpc) is 3.12. The zero-order chi connectivity index (χ0) is 24.0. The number of para-hydroxylation sites is 1. The van der Waals surface area contributed by atoms with Crippen LogP contribution in [0.3, 0.4) is 0 Å². The molecule has 3 rings (SSSR count). The second-order valence-corrected chi connectivity index (χ2v) is 9.67. The van der Waals surface area contributed by atoms with E-state index in [0.717, 1.165) is 5.41 Å². The maximum Gasteiger partial charge on any atom is 0.312 e. The summed E-state index contributed by atoms with van der Waals surface area (Å²) in [4.78, 5) is 38.0. The topological polar surface area (TPSA) is 136 Å². The third-order valence-electron chi connectivity index (χ3n) is 4.86. The Morgan fingerprint density at radius 3 is 2.36 bits per heavy atom. The van der Waals surface area contributed by atoms with Crippen molar-refractivity contribution in [2.75, 3.05) is 17.3 Å². The van der Waals surface area contributed by atoms with Crippen molar-refractivity contribution in [3.63, 3.8) is 0 Å². The number of nitrogens with zero attached hydrogens (tertiary/aromatic N) is 1. The Bertz CT molecular complexity index is 1150. The van der Waals surface area contributed by atoms with Crippen LogP contribution in [0.5, 0.6) is 0 Å². The Labute approximate surface area is 196 Å². The number of nitrogens with two attached hydrogens (primary N) is 1. The van der Waals surface area contributed by atoms with Crippen LogP contribution in [0, 0.1) is 0 Å². The van der Waals surface area contributed by atoms with E-state index in [1.165, 1.54) is 11.0 Å². The fraction of sp³-hybridized carbons (Fsp3) is 0.227. The summed E-state index contributed by atoms with van der Waals surface area (Å²) >= 11 is 5.88. The van der Waals surface area contributed by atoms with Crippen molar-refractivity contribution in [1.29, 1.82) is 0 Å². The van der Waals surface area contributed by atoms with Gasteiger partial charge in [-0.3, -0.25) is 9.59 Å². The number of benzene rings is 2. The van der Waals surface area contributed by atoms with Crippen molar-refractivity contribution < 1.29 is 27.5 Å². The average molecular weight is 492 g/mol. The summed E-state index contributed by atoms with van der Waals surface area (Å²) in [6.45, 7) is -0.609. The molecule has 3 N–H and O–H groups in total. The van der Waals surface area contributed by atoms with Gasteiger partial charge in [-0.25, -0.2) is 13.2 Å². The number of primary amides is 1. The molecule has 1 aliphatic heterocycles. The van der Waals surface area contributed by atoms with Gasteiger partial charge >= 0.3 is 12.0 Å². The van der Waals surface area contributed by atoms with Crippen LogP contribution in [0.1, 0.15) is 18.0 Å². The Hall–Kier alpha value is -3.37. The van der Waals surface area contributed by atoms with Crippen LogP contribution in [-0.2, 0) is 24.2 Å². The molecule has 3 amide bonds. The molecular formula is C22H22ClN3O6S. The first-order chi connectivity index (χ1) is 15.6. The second-order valence-electron chi connectivity index (χ2n) is 7.30. The summed E-state index contributed by atoms with van der Waals surface area (Å²) in [5.41, 5.74) is 6.26. The van der Waals surface area contributed by atoms with Gasteiger partial charge in [-0.2, -0.15) is 0 Å². The number of ether oxygens (including phenoxy) is 1. The number of esters is 1. The summed E-state index contributed by atoms with van der Waals surface area (Å²) in [5.74, 6) is -1.60. The summed E-state index contributed by atoms with van der Waals surface area (Å²) in [6.07, 6.45) is 1.15. The van der Waals surface area contributed by atoms with Gasteiger partial charge in [0.2, 0.25) is 0 Å². The van der Waals surface area contributed by atoms with E-state index < -0.39 is 46.4 Å². The van der Waals surface area contributed by atoms with Gasteiger partial charge in [0.15, 0.2) is 16.4 Å². The third-order valence-corrected chi connectivity index (χ3v) is 6.49. The van der Waals surface area contributed by atoms with Gasteiger partial charge < -0.3 is 20.7 Å². The fourth-order valence-electron chi connectivity index (χ4n) is 3.39. The highest BCUT2D eigenvalue weighted by molar-refractivity contribution is 7.94. The molecule has 11 heteroatoms. The first-order valence-electron chi connectivity index (χ1n) is 9.90. The summed E-state index contributed by atoms with van der Waals surface area (Å²) in [7, 11) is -3.42. The lowest BCUT2D eigenvalue weighted by molar-refractivity contribution is -0.148. The van der Waals surface area contributed by atoms with Crippen molar-refractivity contribution >= 4 is 45.0 Å². The van der Waals surface area contributed by atoms with Gasteiger partial charge in [0.25, 0.3) is 5.91 Å². The molecule has 2 aromatic carbocycles. The molecule has 2 aromatic rings. The molecule has 0 fully saturated rings. The standard InChI is InChI=1S/C22H22ClN3O6S/c23-16-8-6-15(7-9-16)19(25-22(24)29)12-21(28)32-13-20(27)26(17-4-2-1-3-5-17)18-10-11-33(30,31)14-18/h1-11,18-19H,12-14H2,(H3,24,25,29)/t18-,19-/m0/s1. The monoisotopic (exact) mass is 491 g/mol. The number of sulfone groups is 1. The highest BCUT2D eigenvalue weighted by Gasteiger charge is 2.32. The summed E-state index contributed by atoms with van der Waals surface area (Å²) < 4.78 is 28.9. The first kappa shape index (κ1) is 24.3. The van der Waals surface area contributed by atoms with Crippen LogP contribution >= 0.6 is 11.6 Å². The quantitative estimate of drug-likeness (QED) is 0.544. The Morgan fingerprint density at radius 2 is 1.79 bits per heavy atom. The zero-order valence-electron chi connectivity index (χ0n) is 17.4. The molecule has 174 valence electrons. The normalized spacial score (nSPS) is 17.2. The number of carbonyl (C=O) groups is 3. The minimum Gasteiger partial charge on any atom is -0.455 e. The van der Waals surface area contributed by atoms with E-state index in [0.29, 0.717) is 16.3 Å². The van der Waals surface area contributed by atoms with E-state index in [1.807, 2.05) is 0 Å². The van der Waals surface area contributed by atoms with Crippen molar-refractivity contribution in [3.8, 4) is 0 Å². The molecular weight excluding hydrogens is 470 g/mol. The van der Waals surface area contributed by atoms with E-state index in [2.05, 4.69) is 5.32 Å². The first-order valence-corrected chi connectivity index (χ1v) is 12.0. The van der Waals surface area contributed by atoms with Crippen molar-refractivity contribution in [2.24, 2.45) is 5.73 Å². The molecule has 0 aromatic heterocycles. The minimum atomic E-state index is -3.42. The predicted octanol–water partition coefficient (Wildman–Crippen LogP) is 2.33. The lowest BCUT2D eigenvalue weighted by Crippen LogP contribution is -2.43. The van der Waals surface area contributed by atoms with Gasteiger partial charge in [0.1, 0.15) is 0 Å². The lowest BCUT2D eigenvalue weighted by Gasteiger charge is -2.27. The maximum atomic E-state index is 12.9. The smallest absolute Gasteiger partial charge is 0.312 e. The van der Waals surface area contributed by atoms with E-state index in [-0.39, 0.29) is 12.2 Å². The Kier molecular flexibility index (Phi) is 7.72. The number of rotatable bonds is 8. The summed E-state index contributed by atoms with van der Waals surface area (Å²) in [6, 6.07) is 12.6. The molecule has 2 atom stereocenters. The van der Waals surface area contributed by atoms with Crippen LogP contribution in [0.4, 0.5) is 10.5 Å². The number of halogens is 1. The van der Waals surface area contributed by atoms with Crippen molar-refractivity contribution in [2.45, 2.75) is 18.5 Å². The molecule has 1 aliphatic rings. The highest BCUT2D eigenvalue weighted by Crippen LogP contribution is 2.23. The predicted molar refractivity (Wildman–Crippen MR) is 123 cm³/mol. The molecule has 1 heterocycles. The number of amides is 3. The van der Waals surface area contributed by atoms with Gasteiger partial charge in [-0.1, -0.05) is 41.9 Å². The number of nitrogens with one attached hydrogen (secondary N) is 1. The van der Waals surface area contributed by atoms with Crippen molar-refractivity contribution in [3.05, 3.63) is 76.7 Å². The molecule has 0 saturated carbocycles. The van der Waals surface area contributed by atoms with Gasteiger partial charge in [-0.15, -0.1) is 0 Å². The van der Waals surface area contributed by atoms with Gasteiger partial charge in [0, 0.05) is 16.1 Å². The van der Waals surface area contributed by atoms with Crippen LogP contribution in [0.25, 0.3) is 0 Å². The molecule has 0 spiro atoms. The van der Waals surface area contributed by atoms with Gasteiger partial charge in [-0.05, 0) is 35.9 Å². The zero-order valence-corrected chi connectivity index (χ0v) is 19.0.